The number of hydrogen-bond acceptors (Lipinski definition) is 2. The summed E-state index contributed by atoms with van der Waals surface area (Å²) in [6.45, 7) is 2.12. The smallest absolute Gasteiger partial charge is 0.212 e. The van der Waals surface area contributed by atoms with Gasteiger partial charge < -0.3 is 4.42 Å². The molecule has 0 spiro atoms. The van der Waals surface area contributed by atoms with Crippen LogP contribution in [0.3, 0.4) is 0 Å². The van der Waals surface area contributed by atoms with Gasteiger partial charge in [-0.2, -0.15) is 5.26 Å². The number of nitriles is 1. The van der Waals surface area contributed by atoms with E-state index in [2.05, 4.69) is 35.8 Å². The Hall–Kier alpha value is -3.90. The molecule has 29 heavy (non-hydrogen) atoms. The molecule has 0 saturated carbocycles. The number of aryl methyl sites for hydroxylation is 2. The minimum absolute atomic E-state index is 0.655. The van der Waals surface area contributed by atoms with E-state index in [4.69, 9.17) is 4.42 Å². The molecule has 0 unspecified atom stereocenters. The van der Waals surface area contributed by atoms with Gasteiger partial charge in [0.05, 0.1) is 17.2 Å². The van der Waals surface area contributed by atoms with Crippen LogP contribution >= 0.6 is 0 Å². The van der Waals surface area contributed by atoms with Gasteiger partial charge in [-0.3, -0.25) is 0 Å². The quantitative estimate of drug-likeness (QED) is 0.359. The molecular formula is C26H19N2O+. The van der Waals surface area contributed by atoms with Crippen LogP contribution in [0.4, 0.5) is 0 Å². The fraction of sp³-hybridized carbons (Fsp3) is 0.0769. The molecule has 138 valence electrons. The van der Waals surface area contributed by atoms with Gasteiger partial charge in [0.2, 0.25) is 5.69 Å². The van der Waals surface area contributed by atoms with Gasteiger partial charge in [-0.25, -0.2) is 4.57 Å². The van der Waals surface area contributed by atoms with Crippen LogP contribution in [-0.4, -0.2) is 0 Å². The molecule has 3 nitrogen and oxygen atoms in total. The maximum absolute atomic E-state index is 9.74. The Labute approximate surface area is 169 Å². The largest absolute Gasteiger partial charge is 0.456 e. The summed E-state index contributed by atoms with van der Waals surface area (Å²) < 4.78 is 8.36. The number of fused-ring (bicyclic) bond motifs is 3. The Balaban J connectivity index is 1.78. The predicted octanol–water partition coefficient (Wildman–Crippen LogP) is 5.92. The first-order valence-corrected chi connectivity index (χ1v) is 9.57. The minimum Gasteiger partial charge on any atom is -0.456 e. The summed E-state index contributed by atoms with van der Waals surface area (Å²) in [5.41, 5.74) is 7.64. The lowest BCUT2D eigenvalue weighted by Crippen LogP contribution is -2.30. The zero-order valence-corrected chi connectivity index (χ0v) is 16.3. The Morgan fingerprint density at radius 2 is 1.52 bits per heavy atom. The Kier molecular flexibility index (Phi) is 3.93. The van der Waals surface area contributed by atoms with Gasteiger partial charge in [-0.1, -0.05) is 30.3 Å². The van der Waals surface area contributed by atoms with Crippen molar-refractivity contribution in [2.75, 3.05) is 0 Å². The average Bonchev–Trinajstić information content (AvgIpc) is 3.09. The van der Waals surface area contributed by atoms with E-state index in [9.17, 15) is 5.26 Å². The summed E-state index contributed by atoms with van der Waals surface area (Å²) in [5.74, 6) is 0. The van der Waals surface area contributed by atoms with Crippen LogP contribution in [0.25, 0.3) is 44.3 Å². The number of rotatable bonds is 2. The number of nitrogens with zero attached hydrogens (tertiary/aromatic N) is 2. The molecular weight excluding hydrogens is 356 g/mol. The monoisotopic (exact) mass is 375 g/mol. The molecule has 0 aliphatic carbocycles. The number of benzene rings is 3. The molecule has 0 N–H and O–H groups in total. The van der Waals surface area contributed by atoms with Gasteiger partial charge in [0.25, 0.3) is 0 Å². The first-order chi connectivity index (χ1) is 14.2. The van der Waals surface area contributed by atoms with Gasteiger partial charge in [0.1, 0.15) is 18.2 Å². The van der Waals surface area contributed by atoms with Crippen LogP contribution in [0.1, 0.15) is 11.1 Å². The molecule has 0 radical (unpaired) electrons. The van der Waals surface area contributed by atoms with Crippen LogP contribution < -0.4 is 4.57 Å². The van der Waals surface area contributed by atoms with Crippen molar-refractivity contribution in [1.29, 1.82) is 5.26 Å². The third-order valence-electron chi connectivity index (χ3n) is 5.49. The van der Waals surface area contributed by atoms with Gasteiger partial charge in [0.15, 0.2) is 6.20 Å². The van der Waals surface area contributed by atoms with Gasteiger partial charge in [-0.15, -0.1) is 0 Å². The molecule has 0 amide bonds. The molecule has 0 atom stereocenters. The van der Waals surface area contributed by atoms with E-state index in [0.717, 1.165) is 44.3 Å². The Bertz CT molecular complexity index is 1420. The van der Waals surface area contributed by atoms with Crippen molar-refractivity contribution < 1.29 is 8.98 Å². The molecule has 0 aliphatic heterocycles. The van der Waals surface area contributed by atoms with Crippen molar-refractivity contribution in [3.63, 3.8) is 0 Å². The average molecular weight is 375 g/mol. The van der Waals surface area contributed by atoms with Crippen LogP contribution in [0, 0.1) is 18.3 Å². The number of pyridine rings is 1. The molecule has 0 fully saturated rings. The lowest BCUT2D eigenvalue weighted by molar-refractivity contribution is -0.660. The van der Waals surface area contributed by atoms with Crippen molar-refractivity contribution in [3.8, 4) is 28.5 Å². The minimum atomic E-state index is 0.655. The SMILES string of the molecule is Cc1cc2c(cc1-c1cccc[n+]1C)oc1cc(-c3ccccc3)c(C#N)cc12. The van der Waals surface area contributed by atoms with Crippen molar-refractivity contribution in [2.24, 2.45) is 7.05 Å². The van der Waals surface area contributed by atoms with Crippen LogP contribution in [-0.2, 0) is 7.05 Å². The normalized spacial score (nSPS) is 11.1. The summed E-state index contributed by atoms with van der Waals surface area (Å²) in [6.07, 6.45) is 2.04. The fourth-order valence-corrected chi connectivity index (χ4v) is 4.00. The number of furan rings is 1. The Morgan fingerprint density at radius 3 is 2.24 bits per heavy atom. The van der Waals surface area contributed by atoms with E-state index < -0.39 is 0 Å². The highest BCUT2D eigenvalue weighted by molar-refractivity contribution is 6.08. The fourth-order valence-electron chi connectivity index (χ4n) is 4.00. The molecule has 2 aromatic heterocycles. The third-order valence-corrected chi connectivity index (χ3v) is 5.49. The van der Waals surface area contributed by atoms with Gasteiger partial charge in [0, 0.05) is 28.5 Å². The zero-order valence-electron chi connectivity index (χ0n) is 16.3. The highest BCUT2D eigenvalue weighted by Crippen LogP contribution is 2.37. The summed E-state index contributed by atoms with van der Waals surface area (Å²) in [5, 5.41) is 11.8. The molecule has 5 rings (SSSR count). The maximum atomic E-state index is 9.74. The zero-order chi connectivity index (χ0) is 20.0. The molecule has 3 heteroatoms. The summed E-state index contributed by atoms with van der Waals surface area (Å²) >= 11 is 0. The Morgan fingerprint density at radius 1 is 0.828 bits per heavy atom. The topological polar surface area (TPSA) is 40.8 Å². The molecule has 3 aromatic carbocycles. The highest BCUT2D eigenvalue weighted by Gasteiger charge is 2.17. The number of aromatic nitrogens is 1. The van der Waals surface area contributed by atoms with Crippen LogP contribution in [0.5, 0.6) is 0 Å². The van der Waals surface area contributed by atoms with Crippen molar-refractivity contribution in [3.05, 3.63) is 90.1 Å². The third kappa shape index (κ3) is 2.78. The van der Waals surface area contributed by atoms with Crippen molar-refractivity contribution >= 4 is 21.9 Å². The van der Waals surface area contributed by atoms with Crippen LogP contribution in [0.2, 0.25) is 0 Å². The lowest BCUT2D eigenvalue weighted by Gasteiger charge is -2.05. The van der Waals surface area contributed by atoms with Crippen LogP contribution in [0.15, 0.2) is 83.4 Å². The summed E-state index contributed by atoms with van der Waals surface area (Å²) in [7, 11) is 2.04. The second-order valence-corrected chi connectivity index (χ2v) is 7.33. The van der Waals surface area contributed by atoms with Gasteiger partial charge in [-0.05, 0) is 48.4 Å². The second kappa shape index (κ2) is 6.61. The summed E-state index contributed by atoms with van der Waals surface area (Å²) in [6, 6.07) is 26.7. The second-order valence-electron chi connectivity index (χ2n) is 7.33. The van der Waals surface area contributed by atoms with E-state index in [1.807, 2.05) is 67.8 Å². The first kappa shape index (κ1) is 17.2. The molecule has 0 aliphatic rings. The van der Waals surface area contributed by atoms with Gasteiger partial charge >= 0.3 is 0 Å². The number of hydrogen-bond donors (Lipinski definition) is 0. The molecule has 0 saturated heterocycles. The van der Waals surface area contributed by atoms with E-state index in [-0.39, 0.29) is 0 Å². The standard InChI is InChI=1S/C26H19N2O/c1-17-12-22-23-13-19(16-27)21(18-8-4-3-5-9-18)15-26(23)29-25(22)14-20(17)24-10-6-7-11-28(24)2/h3-15H,1-2H3/q+1. The lowest BCUT2D eigenvalue weighted by atomic mass is 9.97. The molecule has 2 heterocycles. The molecule has 5 aromatic rings. The predicted molar refractivity (Wildman–Crippen MR) is 115 cm³/mol. The highest BCUT2D eigenvalue weighted by atomic mass is 16.3. The summed E-state index contributed by atoms with van der Waals surface area (Å²) in [4.78, 5) is 0. The molecule has 0 bridgehead atoms. The van der Waals surface area contributed by atoms with E-state index >= 15 is 0 Å². The van der Waals surface area contributed by atoms with Crippen molar-refractivity contribution in [2.45, 2.75) is 6.92 Å². The van der Waals surface area contributed by atoms with E-state index in [1.165, 1.54) is 5.56 Å². The van der Waals surface area contributed by atoms with E-state index in [0.29, 0.717) is 5.56 Å². The maximum Gasteiger partial charge on any atom is 0.212 e. The van der Waals surface area contributed by atoms with Crippen molar-refractivity contribution in [1.82, 2.24) is 0 Å². The first-order valence-electron chi connectivity index (χ1n) is 9.57. The van der Waals surface area contributed by atoms with E-state index in [1.54, 1.807) is 0 Å².